The highest BCUT2D eigenvalue weighted by Crippen LogP contribution is 1.94. The highest BCUT2D eigenvalue weighted by molar-refractivity contribution is 5.85. The average Bonchev–Trinajstić information content (AvgIpc) is 2.07. The third-order valence-electron chi connectivity index (χ3n) is 1.51. The van der Waals surface area contributed by atoms with Crippen molar-refractivity contribution in [1.29, 1.82) is 0 Å². The first-order valence-electron chi connectivity index (χ1n) is 4.03. The van der Waals surface area contributed by atoms with E-state index in [2.05, 4.69) is 17.2 Å². The highest BCUT2D eigenvalue weighted by Gasteiger charge is 1.87. The number of hydrogen-bond donors (Lipinski definition) is 1. The maximum atomic E-state index is 3.95. The van der Waals surface area contributed by atoms with Crippen LogP contribution in [0.1, 0.15) is 18.9 Å². The molecule has 0 atom stereocenters. The monoisotopic (exact) mass is 186 g/mol. The van der Waals surface area contributed by atoms with Gasteiger partial charge in [0.25, 0.3) is 0 Å². The molecule has 0 spiro atoms. The maximum absolute atomic E-state index is 3.95. The second-order valence-corrected chi connectivity index (χ2v) is 2.53. The van der Waals surface area contributed by atoms with Gasteiger partial charge in [-0.15, -0.1) is 12.4 Å². The third kappa shape index (κ3) is 4.31. The van der Waals surface area contributed by atoms with E-state index in [4.69, 9.17) is 0 Å². The SMILES string of the molecule is CCCNCc1ccncc1.Cl. The topological polar surface area (TPSA) is 24.9 Å². The summed E-state index contributed by atoms with van der Waals surface area (Å²) < 4.78 is 0. The molecule has 12 heavy (non-hydrogen) atoms. The number of rotatable bonds is 4. The van der Waals surface area contributed by atoms with Gasteiger partial charge in [-0.25, -0.2) is 0 Å². The molecule has 0 amide bonds. The Balaban J connectivity index is 0.00000121. The highest BCUT2D eigenvalue weighted by atomic mass is 35.5. The Labute approximate surface area is 79.8 Å². The summed E-state index contributed by atoms with van der Waals surface area (Å²) in [4.78, 5) is 3.95. The lowest BCUT2D eigenvalue weighted by Gasteiger charge is -2.01. The van der Waals surface area contributed by atoms with Crippen LogP contribution in [0, 0.1) is 0 Å². The van der Waals surface area contributed by atoms with Crippen LogP contribution in [0.25, 0.3) is 0 Å². The van der Waals surface area contributed by atoms with Crippen molar-refractivity contribution in [2.24, 2.45) is 0 Å². The predicted molar refractivity (Wildman–Crippen MR) is 53.5 cm³/mol. The van der Waals surface area contributed by atoms with Gasteiger partial charge in [-0.3, -0.25) is 4.98 Å². The first-order valence-corrected chi connectivity index (χ1v) is 4.03. The second kappa shape index (κ2) is 7.07. The fourth-order valence-corrected chi connectivity index (χ4v) is 0.910. The summed E-state index contributed by atoms with van der Waals surface area (Å²) in [5, 5.41) is 3.32. The normalized spacial score (nSPS) is 9.08. The molecular weight excluding hydrogens is 172 g/mol. The lowest BCUT2D eigenvalue weighted by Crippen LogP contribution is -2.13. The van der Waals surface area contributed by atoms with E-state index in [1.807, 2.05) is 24.5 Å². The van der Waals surface area contributed by atoms with Gasteiger partial charge in [-0.1, -0.05) is 6.92 Å². The summed E-state index contributed by atoms with van der Waals surface area (Å²) in [6, 6.07) is 4.06. The maximum Gasteiger partial charge on any atom is 0.0271 e. The van der Waals surface area contributed by atoms with E-state index in [-0.39, 0.29) is 12.4 Å². The molecule has 0 bridgehead atoms. The average molecular weight is 187 g/mol. The van der Waals surface area contributed by atoms with Gasteiger partial charge in [0.05, 0.1) is 0 Å². The van der Waals surface area contributed by atoms with Crippen molar-refractivity contribution in [1.82, 2.24) is 10.3 Å². The largest absolute Gasteiger partial charge is 0.313 e. The van der Waals surface area contributed by atoms with Crippen LogP contribution in [-0.4, -0.2) is 11.5 Å². The van der Waals surface area contributed by atoms with E-state index in [1.54, 1.807) is 0 Å². The molecule has 0 unspecified atom stereocenters. The molecule has 1 aromatic heterocycles. The Hall–Kier alpha value is -0.600. The van der Waals surface area contributed by atoms with Crippen LogP contribution in [0.4, 0.5) is 0 Å². The third-order valence-corrected chi connectivity index (χ3v) is 1.51. The van der Waals surface area contributed by atoms with Gasteiger partial charge < -0.3 is 5.32 Å². The van der Waals surface area contributed by atoms with Crippen molar-refractivity contribution < 1.29 is 0 Å². The van der Waals surface area contributed by atoms with Crippen LogP contribution in [0.3, 0.4) is 0 Å². The van der Waals surface area contributed by atoms with Crippen LogP contribution >= 0.6 is 12.4 Å². The smallest absolute Gasteiger partial charge is 0.0271 e. The molecule has 1 N–H and O–H groups in total. The Morgan fingerprint density at radius 2 is 2.00 bits per heavy atom. The van der Waals surface area contributed by atoms with Gasteiger partial charge in [0.15, 0.2) is 0 Å². The van der Waals surface area contributed by atoms with E-state index in [0.29, 0.717) is 0 Å². The number of nitrogens with zero attached hydrogens (tertiary/aromatic N) is 1. The molecule has 0 aliphatic heterocycles. The summed E-state index contributed by atoms with van der Waals surface area (Å²) >= 11 is 0. The predicted octanol–water partition coefficient (Wildman–Crippen LogP) is 2.00. The molecule has 0 radical (unpaired) electrons. The molecule has 1 heterocycles. The molecule has 0 fully saturated rings. The van der Waals surface area contributed by atoms with Gasteiger partial charge in [0, 0.05) is 18.9 Å². The molecule has 0 saturated carbocycles. The van der Waals surface area contributed by atoms with Crippen molar-refractivity contribution in [3.63, 3.8) is 0 Å². The zero-order valence-electron chi connectivity index (χ0n) is 7.29. The van der Waals surface area contributed by atoms with Gasteiger partial charge in [-0.2, -0.15) is 0 Å². The zero-order chi connectivity index (χ0) is 7.94. The van der Waals surface area contributed by atoms with Gasteiger partial charge in [0.1, 0.15) is 0 Å². The van der Waals surface area contributed by atoms with Crippen molar-refractivity contribution in [3.05, 3.63) is 30.1 Å². The van der Waals surface area contributed by atoms with E-state index in [0.717, 1.165) is 13.1 Å². The van der Waals surface area contributed by atoms with Crippen LogP contribution in [0.15, 0.2) is 24.5 Å². The van der Waals surface area contributed by atoms with Gasteiger partial charge in [-0.05, 0) is 30.7 Å². The van der Waals surface area contributed by atoms with Crippen LogP contribution in [0.2, 0.25) is 0 Å². The minimum atomic E-state index is 0. The summed E-state index contributed by atoms with van der Waals surface area (Å²) in [5.74, 6) is 0. The second-order valence-electron chi connectivity index (χ2n) is 2.53. The Morgan fingerprint density at radius 1 is 1.33 bits per heavy atom. The summed E-state index contributed by atoms with van der Waals surface area (Å²) in [6.07, 6.45) is 4.83. The molecule has 2 nitrogen and oxygen atoms in total. The molecular formula is C9H15ClN2. The molecule has 0 saturated heterocycles. The number of aromatic nitrogens is 1. The van der Waals surface area contributed by atoms with E-state index < -0.39 is 0 Å². The van der Waals surface area contributed by atoms with Crippen molar-refractivity contribution >= 4 is 12.4 Å². The van der Waals surface area contributed by atoms with Crippen molar-refractivity contribution in [2.75, 3.05) is 6.54 Å². The molecule has 3 heteroatoms. The molecule has 0 aliphatic rings. The standard InChI is InChI=1S/C9H14N2.ClH/c1-2-5-11-8-9-3-6-10-7-4-9;/h3-4,6-7,11H,2,5,8H2,1H3;1H. The number of hydrogen-bond acceptors (Lipinski definition) is 2. The van der Waals surface area contributed by atoms with E-state index in [1.165, 1.54) is 12.0 Å². The van der Waals surface area contributed by atoms with E-state index in [9.17, 15) is 0 Å². The first-order chi connectivity index (χ1) is 5.43. The minimum absolute atomic E-state index is 0. The quantitative estimate of drug-likeness (QED) is 0.728. The molecule has 68 valence electrons. The van der Waals surface area contributed by atoms with Crippen LogP contribution in [-0.2, 0) is 6.54 Å². The molecule has 0 aromatic carbocycles. The molecule has 1 aromatic rings. The first kappa shape index (κ1) is 11.4. The zero-order valence-corrected chi connectivity index (χ0v) is 8.10. The fraction of sp³-hybridized carbons (Fsp3) is 0.444. The number of nitrogens with one attached hydrogen (secondary N) is 1. The van der Waals surface area contributed by atoms with Crippen molar-refractivity contribution in [3.8, 4) is 0 Å². The van der Waals surface area contributed by atoms with E-state index >= 15 is 0 Å². The Morgan fingerprint density at radius 3 is 2.58 bits per heavy atom. The van der Waals surface area contributed by atoms with Crippen LogP contribution < -0.4 is 5.32 Å². The summed E-state index contributed by atoms with van der Waals surface area (Å²) in [5.41, 5.74) is 1.30. The Kier molecular flexibility index (Phi) is 6.72. The fourth-order valence-electron chi connectivity index (χ4n) is 0.910. The number of halogens is 1. The van der Waals surface area contributed by atoms with Gasteiger partial charge >= 0.3 is 0 Å². The minimum Gasteiger partial charge on any atom is -0.313 e. The van der Waals surface area contributed by atoms with Crippen LogP contribution in [0.5, 0.6) is 0 Å². The summed E-state index contributed by atoms with van der Waals surface area (Å²) in [6.45, 7) is 4.21. The Bertz CT molecular complexity index is 189. The summed E-state index contributed by atoms with van der Waals surface area (Å²) in [7, 11) is 0. The molecule has 0 aliphatic carbocycles. The molecule has 1 rings (SSSR count). The van der Waals surface area contributed by atoms with Gasteiger partial charge in [0.2, 0.25) is 0 Å². The number of pyridine rings is 1. The van der Waals surface area contributed by atoms with Crippen molar-refractivity contribution in [2.45, 2.75) is 19.9 Å². The lowest BCUT2D eigenvalue weighted by atomic mass is 10.3. The lowest BCUT2D eigenvalue weighted by molar-refractivity contribution is 0.675.